The van der Waals surface area contributed by atoms with Gasteiger partial charge in [0.25, 0.3) is 0 Å². The van der Waals surface area contributed by atoms with Gasteiger partial charge in [0, 0.05) is 35.6 Å². The van der Waals surface area contributed by atoms with Gasteiger partial charge >= 0.3 is 0 Å². The summed E-state index contributed by atoms with van der Waals surface area (Å²) < 4.78 is 29.7. The van der Waals surface area contributed by atoms with Gasteiger partial charge in [-0.05, 0) is 12.1 Å². The second-order valence-electron chi connectivity index (χ2n) is 4.60. The normalized spacial score (nSPS) is 19.9. The molecule has 1 fully saturated rings. The van der Waals surface area contributed by atoms with Gasteiger partial charge in [-0.1, -0.05) is 6.92 Å². The number of nitrogens with two attached hydrogens (primary N) is 1. The predicted octanol–water partition coefficient (Wildman–Crippen LogP) is 1.59. The van der Waals surface area contributed by atoms with Crippen molar-refractivity contribution in [1.29, 1.82) is 0 Å². The lowest BCUT2D eigenvalue weighted by Crippen LogP contribution is -2.48. The quantitative estimate of drug-likeness (QED) is 0.851. The number of rotatable bonds is 4. The molecule has 2 rings (SSSR count). The molecule has 0 aromatic heterocycles. The predicted molar refractivity (Wildman–Crippen MR) is 85.3 cm³/mol. The summed E-state index contributed by atoms with van der Waals surface area (Å²) in [6.45, 7) is 2.40. The number of hydrogen-bond donors (Lipinski definition) is 1. The monoisotopic (exact) mass is 316 g/mol. The first-order valence-corrected chi connectivity index (χ1v) is 9.36. The molecule has 0 saturated carbocycles. The molecule has 0 radical (unpaired) electrons. The Morgan fingerprint density at radius 3 is 2.90 bits per heavy atom. The van der Waals surface area contributed by atoms with Crippen molar-refractivity contribution in [1.82, 2.24) is 0 Å². The lowest BCUT2D eigenvalue weighted by molar-refractivity contribution is 0.417. The summed E-state index contributed by atoms with van der Waals surface area (Å²) in [5.41, 5.74) is 7.21. The van der Waals surface area contributed by atoms with E-state index in [1.54, 1.807) is 31.9 Å². The highest BCUT2D eigenvalue weighted by molar-refractivity contribution is 8.01. The van der Waals surface area contributed by atoms with Crippen LogP contribution in [0.4, 0.5) is 11.4 Å². The molecule has 1 heterocycles. The second kappa shape index (κ2) is 6.13. The van der Waals surface area contributed by atoms with E-state index in [2.05, 4.69) is 0 Å². The van der Waals surface area contributed by atoms with Gasteiger partial charge in [0.1, 0.15) is 11.1 Å². The summed E-state index contributed by atoms with van der Waals surface area (Å²) in [7, 11) is -1.56. The second-order valence-corrected chi connectivity index (χ2v) is 8.20. The first-order valence-electron chi connectivity index (χ1n) is 6.49. The lowest BCUT2D eigenvalue weighted by atomic mass is 10.2. The molecule has 0 spiro atoms. The maximum Gasteiger partial charge on any atom is 0.171 e. The van der Waals surface area contributed by atoms with Crippen LogP contribution >= 0.6 is 11.8 Å². The minimum absolute atomic E-state index is 0.154. The zero-order valence-electron chi connectivity index (χ0n) is 11.7. The molecule has 5 nitrogen and oxygen atoms in total. The lowest BCUT2D eigenvalue weighted by Gasteiger charge is -2.36. The number of hydrogen-bond acceptors (Lipinski definition) is 6. The van der Waals surface area contributed by atoms with Gasteiger partial charge in [0.2, 0.25) is 0 Å². The van der Waals surface area contributed by atoms with Crippen LogP contribution < -0.4 is 15.4 Å². The maximum absolute atomic E-state index is 12.2. The standard InChI is InChI=1S/C13H20N2O3S2/c1-3-20(16,17)13-9-19-7-6-15(13)10-4-5-11(14)12(8-10)18-2/h4-5,8,13H,3,6-7,9,14H2,1-2H3. The summed E-state index contributed by atoms with van der Waals surface area (Å²) in [5, 5.41) is -0.473. The van der Waals surface area contributed by atoms with E-state index in [1.807, 2.05) is 17.0 Å². The van der Waals surface area contributed by atoms with Crippen LogP contribution in [-0.4, -0.2) is 44.7 Å². The number of thioether (sulfide) groups is 1. The molecule has 0 aliphatic carbocycles. The van der Waals surface area contributed by atoms with Crippen LogP contribution in [0.15, 0.2) is 18.2 Å². The molecular weight excluding hydrogens is 296 g/mol. The Morgan fingerprint density at radius 1 is 1.50 bits per heavy atom. The van der Waals surface area contributed by atoms with Crippen LogP contribution in [0.5, 0.6) is 5.75 Å². The Morgan fingerprint density at radius 2 is 2.25 bits per heavy atom. The maximum atomic E-state index is 12.2. The molecule has 2 N–H and O–H groups in total. The molecule has 1 aromatic rings. The van der Waals surface area contributed by atoms with Crippen LogP contribution in [0.3, 0.4) is 0 Å². The molecule has 1 atom stereocenters. The van der Waals surface area contributed by atoms with E-state index >= 15 is 0 Å². The summed E-state index contributed by atoms with van der Waals surface area (Å²) >= 11 is 1.68. The van der Waals surface area contributed by atoms with E-state index < -0.39 is 15.2 Å². The highest BCUT2D eigenvalue weighted by Gasteiger charge is 2.33. The van der Waals surface area contributed by atoms with E-state index in [9.17, 15) is 8.42 Å². The van der Waals surface area contributed by atoms with Crippen LogP contribution in [0.2, 0.25) is 0 Å². The minimum Gasteiger partial charge on any atom is -0.495 e. The Kier molecular flexibility index (Phi) is 4.70. The molecule has 1 aliphatic rings. The Labute approximate surface area is 124 Å². The fourth-order valence-corrected chi connectivity index (χ4v) is 5.24. The first kappa shape index (κ1) is 15.3. The van der Waals surface area contributed by atoms with Crippen molar-refractivity contribution in [3.05, 3.63) is 18.2 Å². The van der Waals surface area contributed by atoms with E-state index in [-0.39, 0.29) is 5.75 Å². The Hall–Kier alpha value is -1.08. The Bertz CT molecular complexity index is 575. The number of methoxy groups -OCH3 is 1. The van der Waals surface area contributed by atoms with E-state index in [4.69, 9.17) is 10.5 Å². The smallest absolute Gasteiger partial charge is 0.171 e. The van der Waals surface area contributed by atoms with E-state index in [0.717, 1.165) is 11.4 Å². The molecule has 0 amide bonds. The topological polar surface area (TPSA) is 72.6 Å². The largest absolute Gasteiger partial charge is 0.495 e. The first-order chi connectivity index (χ1) is 9.49. The van der Waals surface area contributed by atoms with Gasteiger partial charge in [-0.25, -0.2) is 8.42 Å². The van der Waals surface area contributed by atoms with Gasteiger partial charge in [0.05, 0.1) is 12.8 Å². The summed E-state index contributed by atoms with van der Waals surface area (Å²) in [6, 6.07) is 5.42. The Balaban J connectivity index is 2.38. The highest BCUT2D eigenvalue weighted by Crippen LogP contribution is 2.32. The van der Waals surface area contributed by atoms with Crippen molar-refractivity contribution < 1.29 is 13.2 Å². The van der Waals surface area contributed by atoms with Crippen molar-refractivity contribution in [3.8, 4) is 5.75 Å². The number of benzene rings is 1. The molecular formula is C13H20N2O3S2. The number of sulfone groups is 1. The molecule has 7 heteroatoms. The van der Waals surface area contributed by atoms with Crippen LogP contribution in [0, 0.1) is 0 Å². The fourth-order valence-electron chi connectivity index (χ4n) is 2.24. The van der Waals surface area contributed by atoms with Crippen molar-refractivity contribution in [2.24, 2.45) is 0 Å². The molecule has 1 aliphatic heterocycles. The molecule has 20 heavy (non-hydrogen) atoms. The van der Waals surface area contributed by atoms with Gasteiger partial charge in [-0.3, -0.25) is 0 Å². The third kappa shape index (κ3) is 2.98. The third-order valence-electron chi connectivity index (χ3n) is 3.45. The van der Waals surface area contributed by atoms with Crippen molar-refractivity contribution in [3.63, 3.8) is 0 Å². The number of ether oxygens (including phenoxy) is 1. The summed E-state index contributed by atoms with van der Waals surface area (Å²) in [5.74, 6) is 2.25. The third-order valence-corrected chi connectivity index (χ3v) is 6.74. The number of nitrogens with zero attached hydrogens (tertiary/aromatic N) is 1. The van der Waals surface area contributed by atoms with Crippen molar-refractivity contribution in [2.75, 3.05) is 41.5 Å². The SMILES string of the molecule is CCS(=O)(=O)C1CSCCN1c1ccc(N)c(OC)c1. The fraction of sp³-hybridized carbons (Fsp3) is 0.538. The summed E-state index contributed by atoms with van der Waals surface area (Å²) in [4.78, 5) is 1.94. The zero-order chi connectivity index (χ0) is 14.8. The zero-order valence-corrected chi connectivity index (χ0v) is 13.3. The average molecular weight is 316 g/mol. The molecule has 1 aromatic carbocycles. The van der Waals surface area contributed by atoms with Crippen LogP contribution in [-0.2, 0) is 9.84 Å². The molecule has 0 bridgehead atoms. The minimum atomic E-state index is -3.12. The highest BCUT2D eigenvalue weighted by atomic mass is 32.2. The van der Waals surface area contributed by atoms with Crippen molar-refractivity contribution >= 4 is 33.0 Å². The molecule has 1 saturated heterocycles. The van der Waals surface area contributed by atoms with E-state index in [0.29, 0.717) is 23.7 Å². The van der Waals surface area contributed by atoms with E-state index in [1.165, 1.54) is 0 Å². The number of anilines is 2. The van der Waals surface area contributed by atoms with Crippen LogP contribution in [0.1, 0.15) is 6.92 Å². The van der Waals surface area contributed by atoms with Crippen molar-refractivity contribution in [2.45, 2.75) is 12.3 Å². The van der Waals surface area contributed by atoms with Gasteiger partial charge < -0.3 is 15.4 Å². The van der Waals surface area contributed by atoms with Gasteiger partial charge in [0.15, 0.2) is 9.84 Å². The van der Waals surface area contributed by atoms with Crippen LogP contribution in [0.25, 0.3) is 0 Å². The molecule has 1 unspecified atom stereocenters. The van der Waals surface area contributed by atoms with Gasteiger partial charge in [-0.2, -0.15) is 11.8 Å². The molecule has 112 valence electrons. The summed E-state index contributed by atoms with van der Waals surface area (Å²) in [6.07, 6.45) is 0. The van der Waals surface area contributed by atoms with Gasteiger partial charge in [-0.15, -0.1) is 0 Å². The number of nitrogen functional groups attached to an aromatic ring is 1. The average Bonchev–Trinajstić information content (AvgIpc) is 2.48.